The maximum atomic E-state index is 10.8. The van der Waals surface area contributed by atoms with Crippen LogP contribution in [-0.2, 0) is 13.1 Å². The summed E-state index contributed by atoms with van der Waals surface area (Å²) in [7, 11) is 0. The molecule has 2 aromatic rings. The van der Waals surface area contributed by atoms with Crippen molar-refractivity contribution in [1.82, 2.24) is 14.8 Å². The smallest absolute Gasteiger partial charge is 0.357 e. The molecule has 3 heterocycles. The summed E-state index contributed by atoms with van der Waals surface area (Å²) in [4.78, 5) is 20.9. The van der Waals surface area contributed by atoms with E-state index in [4.69, 9.17) is 9.52 Å². The van der Waals surface area contributed by atoms with Gasteiger partial charge >= 0.3 is 5.97 Å². The first kappa shape index (κ1) is 15.2. The molecule has 0 atom stereocenters. The van der Waals surface area contributed by atoms with Crippen LogP contribution in [0.5, 0.6) is 0 Å². The molecule has 1 aliphatic rings. The average molecular weight is 321 g/mol. The van der Waals surface area contributed by atoms with Crippen molar-refractivity contribution in [2.24, 2.45) is 0 Å². The average Bonchev–Trinajstić information content (AvgIpc) is 3.11. The van der Waals surface area contributed by atoms with Crippen LogP contribution in [0.15, 0.2) is 28.2 Å². The third-order valence-corrected chi connectivity index (χ3v) is 4.63. The van der Waals surface area contributed by atoms with Gasteiger partial charge in [0.15, 0.2) is 5.69 Å². The first-order valence-corrected chi connectivity index (χ1v) is 8.23. The van der Waals surface area contributed by atoms with Gasteiger partial charge in [0.1, 0.15) is 6.26 Å². The van der Waals surface area contributed by atoms with Gasteiger partial charge in [-0.3, -0.25) is 9.80 Å². The van der Waals surface area contributed by atoms with Crippen LogP contribution >= 0.6 is 11.3 Å². The number of oxazole rings is 1. The van der Waals surface area contributed by atoms with Gasteiger partial charge in [0.05, 0.1) is 6.54 Å². The Bertz CT molecular complexity index is 611. The summed E-state index contributed by atoms with van der Waals surface area (Å²) in [6, 6.07) is 4.26. The minimum absolute atomic E-state index is 0.0239. The van der Waals surface area contributed by atoms with E-state index in [2.05, 4.69) is 32.3 Å². The second-order valence-electron chi connectivity index (χ2n) is 5.42. The van der Waals surface area contributed by atoms with E-state index in [9.17, 15) is 4.79 Å². The molecule has 22 heavy (non-hydrogen) atoms. The molecule has 0 unspecified atom stereocenters. The molecule has 1 N–H and O–H groups in total. The number of carbonyl (C=O) groups is 1. The Morgan fingerprint density at radius 1 is 1.27 bits per heavy atom. The SMILES string of the molecule is O=C(O)c1coc(CN2CCCN(Cc3cccs3)CC2)n1. The summed E-state index contributed by atoms with van der Waals surface area (Å²) in [6.07, 6.45) is 2.30. The number of thiophene rings is 1. The number of aromatic carboxylic acids is 1. The molecule has 6 nitrogen and oxygen atoms in total. The van der Waals surface area contributed by atoms with E-state index in [0.29, 0.717) is 12.4 Å². The van der Waals surface area contributed by atoms with E-state index >= 15 is 0 Å². The van der Waals surface area contributed by atoms with Crippen molar-refractivity contribution in [2.75, 3.05) is 26.2 Å². The van der Waals surface area contributed by atoms with Crippen molar-refractivity contribution in [1.29, 1.82) is 0 Å². The van der Waals surface area contributed by atoms with E-state index < -0.39 is 5.97 Å². The number of hydrogen-bond acceptors (Lipinski definition) is 6. The van der Waals surface area contributed by atoms with Crippen LogP contribution in [0.4, 0.5) is 0 Å². The van der Waals surface area contributed by atoms with E-state index in [1.165, 1.54) is 11.1 Å². The second kappa shape index (κ2) is 7.04. The zero-order chi connectivity index (χ0) is 15.4. The Morgan fingerprint density at radius 2 is 2.05 bits per heavy atom. The molecule has 1 saturated heterocycles. The quantitative estimate of drug-likeness (QED) is 0.910. The van der Waals surface area contributed by atoms with E-state index in [-0.39, 0.29) is 5.69 Å². The largest absolute Gasteiger partial charge is 0.476 e. The normalized spacial score (nSPS) is 17.5. The predicted octanol–water partition coefficient (Wildman–Crippen LogP) is 2.14. The molecule has 118 valence electrons. The summed E-state index contributed by atoms with van der Waals surface area (Å²) in [6.45, 7) is 5.58. The zero-order valence-electron chi connectivity index (χ0n) is 12.3. The molecular formula is C15H19N3O3S. The van der Waals surface area contributed by atoms with Crippen molar-refractivity contribution >= 4 is 17.3 Å². The van der Waals surface area contributed by atoms with Gasteiger partial charge < -0.3 is 9.52 Å². The Morgan fingerprint density at radius 3 is 2.68 bits per heavy atom. The van der Waals surface area contributed by atoms with Crippen molar-refractivity contribution in [3.05, 3.63) is 40.2 Å². The van der Waals surface area contributed by atoms with Crippen LogP contribution in [0, 0.1) is 0 Å². The molecule has 1 aliphatic heterocycles. The summed E-state index contributed by atoms with van der Waals surface area (Å²) in [5.41, 5.74) is -0.0239. The van der Waals surface area contributed by atoms with Crippen LogP contribution in [0.3, 0.4) is 0 Å². The first-order valence-electron chi connectivity index (χ1n) is 7.35. The van der Waals surface area contributed by atoms with Gasteiger partial charge in [0.2, 0.25) is 5.89 Å². The fraction of sp³-hybridized carbons (Fsp3) is 0.467. The van der Waals surface area contributed by atoms with Gasteiger partial charge in [-0.1, -0.05) is 6.07 Å². The van der Waals surface area contributed by atoms with Gasteiger partial charge in [0, 0.05) is 24.5 Å². The first-order chi connectivity index (χ1) is 10.7. The molecule has 0 aliphatic carbocycles. The van der Waals surface area contributed by atoms with Crippen molar-refractivity contribution in [3.63, 3.8) is 0 Å². The van der Waals surface area contributed by atoms with Gasteiger partial charge in [-0.05, 0) is 31.0 Å². The molecule has 1 fully saturated rings. The monoisotopic (exact) mass is 321 g/mol. The highest BCUT2D eigenvalue weighted by atomic mass is 32.1. The summed E-state index contributed by atoms with van der Waals surface area (Å²) >= 11 is 1.80. The molecular weight excluding hydrogens is 302 g/mol. The lowest BCUT2D eigenvalue weighted by Crippen LogP contribution is -2.30. The lowest BCUT2D eigenvalue weighted by Gasteiger charge is -2.20. The summed E-state index contributed by atoms with van der Waals surface area (Å²) in [5.74, 6) is -0.572. The highest BCUT2D eigenvalue weighted by Crippen LogP contribution is 2.15. The van der Waals surface area contributed by atoms with Crippen molar-refractivity contribution in [3.8, 4) is 0 Å². The van der Waals surface area contributed by atoms with E-state index in [0.717, 1.165) is 39.1 Å². The fourth-order valence-electron chi connectivity index (χ4n) is 2.64. The van der Waals surface area contributed by atoms with Crippen LogP contribution < -0.4 is 0 Å². The minimum Gasteiger partial charge on any atom is -0.476 e. The molecule has 0 bridgehead atoms. The highest BCUT2D eigenvalue weighted by molar-refractivity contribution is 7.09. The Balaban J connectivity index is 1.52. The van der Waals surface area contributed by atoms with Gasteiger partial charge in [-0.25, -0.2) is 9.78 Å². The predicted molar refractivity (Wildman–Crippen MR) is 83.0 cm³/mol. The van der Waals surface area contributed by atoms with E-state index in [1.54, 1.807) is 11.3 Å². The number of rotatable bonds is 5. The minimum atomic E-state index is -1.05. The van der Waals surface area contributed by atoms with Gasteiger partial charge in [-0.2, -0.15) is 0 Å². The van der Waals surface area contributed by atoms with E-state index in [1.807, 2.05) is 0 Å². The van der Waals surface area contributed by atoms with Crippen molar-refractivity contribution in [2.45, 2.75) is 19.5 Å². The lowest BCUT2D eigenvalue weighted by atomic mass is 10.3. The molecule has 7 heteroatoms. The van der Waals surface area contributed by atoms with Gasteiger partial charge in [0.25, 0.3) is 0 Å². The Kier molecular flexibility index (Phi) is 4.87. The van der Waals surface area contributed by atoms with Crippen LogP contribution in [0.2, 0.25) is 0 Å². The summed E-state index contributed by atoms with van der Waals surface area (Å²) in [5, 5.41) is 11.0. The fourth-order valence-corrected chi connectivity index (χ4v) is 3.38. The number of hydrogen-bond donors (Lipinski definition) is 1. The standard InChI is InChI=1S/C15H19N3O3S/c19-15(20)13-11-21-14(16-13)10-18-5-2-4-17(6-7-18)9-12-3-1-8-22-12/h1,3,8,11H,2,4-7,9-10H2,(H,19,20). The number of carboxylic acid groups (broad SMARTS) is 1. The highest BCUT2D eigenvalue weighted by Gasteiger charge is 2.18. The van der Waals surface area contributed by atoms with Gasteiger partial charge in [-0.15, -0.1) is 11.3 Å². The van der Waals surface area contributed by atoms with Crippen LogP contribution in [-0.4, -0.2) is 52.0 Å². The number of nitrogens with zero attached hydrogens (tertiary/aromatic N) is 3. The molecule has 0 aromatic carbocycles. The Labute approximate surface area is 133 Å². The summed E-state index contributed by atoms with van der Waals surface area (Å²) < 4.78 is 5.24. The third kappa shape index (κ3) is 3.94. The Hall–Kier alpha value is -1.70. The third-order valence-electron chi connectivity index (χ3n) is 3.77. The molecule has 2 aromatic heterocycles. The molecule has 0 spiro atoms. The molecule has 0 amide bonds. The number of carboxylic acids is 1. The lowest BCUT2D eigenvalue weighted by molar-refractivity contribution is 0.0690. The van der Waals surface area contributed by atoms with Crippen molar-refractivity contribution < 1.29 is 14.3 Å². The zero-order valence-corrected chi connectivity index (χ0v) is 13.1. The molecule has 0 saturated carbocycles. The van der Waals surface area contributed by atoms with Crippen LogP contribution in [0.1, 0.15) is 27.7 Å². The van der Waals surface area contributed by atoms with Crippen LogP contribution in [0.25, 0.3) is 0 Å². The maximum Gasteiger partial charge on any atom is 0.357 e. The second-order valence-corrected chi connectivity index (χ2v) is 6.45. The molecule has 0 radical (unpaired) electrons. The maximum absolute atomic E-state index is 10.8. The number of aromatic nitrogens is 1. The molecule has 3 rings (SSSR count). The topological polar surface area (TPSA) is 69.8 Å².